The minimum absolute atomic E-state index is 0.305. The van der Waals surface area contributed by atoms with Crippen molar-refractivity contribution in [3.63, 3.8) is 0 Å². The number of aromatic nitrogens is 1. The van der Waals surface area contributed by atoms with Crippen LogP contribution in [0.15, 0.2) is 53.0 Å². The summed E-state index contributed by atoms with van der Waals surface area (Å²) in [6.45, 7) is 2.39. The molecule has 1 aromatic heterocycles. The largest absolute Gasteiger partial charge is 0.436 e. The second kappa shape index (κ2) is 6.38. The first-order valence-electron chi connectivity index (χ1n) is 7.90. The van der Waals surface area contributed by atoms with E-state index in [0.29, 0.717) is 17.5 Å². The van der Waals surface area contributed by atoms with Gasteiger partial charge in [-0.15, -0.1) is 0 Å². The lowest BCUT2D eigenvalue weighted by molar-refractivity contribution is 0.292. The number of para-hydroxylation sites is 2. The average molecular weight is 343 g/mol. The van der Waals surface area contributed by atoms with E-state index in [1.54, 1.807) is 6.07 Å². The molecular formula is C19H16ClFN2O. The van der Waals surface area contributed by atoms with Crippen LogP contribution in [0.4, 0.5) is 4.39 Å². The van der Waals surface area contributed by atoms with Crippen molar-refractivity contribution in [2.24, 2.45) is 0 Å². The van der Waals surface area contributed by atoms with Gasteiger partial charge in [0.05, 0.1) is 0 Å². The van der Waals surface area contributed by atoms with Gasteiger partial charge >= 0.3 is 0 Å². The molecule has 0 amide bonds. The van der Waals surface area contributed by atoms with Crippen LogP contribution < -0.4 is 0 Å². The molecule has 0 unspecified atom stereocenters. The first-order valence-corrected chi connectivity index (χ1v) is 8.28. The van der Waals surface area contributed by atoms with E-state index in [1.165, 1.54) is 12.1 Å². The minimum Gasteiger partial charge on any atom is -0.436 e. The Morgan fingerprint density at radius 2 is 2.08 bits per heavy atom. The van der Waals surface area contributed by atoms with Crippen molar-refractivity contribution in [3.8, 4) is 0 Å². The Hall–Kier alpha value is -2.17. The molecule has 2 heterocycles. The molecule has 0 N–H and O–H groups in total. The van der Waals surface area contributed by atoms with Gasteiger partial charge in [-0.25, -0.2) is 9.37 Å². The summed E-state index contributed by atoms with van der Waals surface area (Å²) in [6.07, 6.45) is 3.01. The Labute approximate surface area is 144 Å². The molecule has 0 radical (unpaired) electrons. The molecule has 4 rings (SSSR count). The van der Waals surface area contributed by atoms with Gasteiger partial charge in [-0.3, -0.25) is 4.90 Å². The van der Waals surface area contributed by atoms with Gasteiger partial charge in [-0.05, 0) is 36.2 Å². The van der Waals surface area contributed by atoms with Crippen molar-refractivity contribution in [3.05, 3.63) is 70.8 Å². The second-order valence-corrected chi connectivity index (χ2v) is 6.34. The zero-order chi connectivity index (χ0) is 16.5. The Morgan fingerprint density at radius 1 is 1.21 bits per heavy atom. The maximum absolute atomic E-state index is 13.1. The zero-order valence-electron chi connectivity index (χ0n) is 13.0. The van der Waals surface area contributed by atoms with Crippen LogP contribution in [0.1, 0.15) is 17.9 Å². The summed E-state index contributed by atoms with van der Waals surface area (Å²) >= 11 is 6.11. The van der Waals surface area contributed by atoms with Gasteiger partial charge in [-0.1, -0.05) is 35.9 Å². The molecule has 2 aromatic carbocycles. The van der Waals surface area contributed by atoms with E-state index in [1.807, 2.05) is 24.3 Å². The molecule has 5 heteroatoms. The smallest absolute Gasteiger partial charge is 0.222 e. The summed E-state index contributed by atoms with van der Waals surface area (Å²) in [7, 11) is 0. The molecule has 24 heavy (non-hydrogen) atoms. The molecule has 3 nitrogen and oxygen atoms in total. The van der Waals surface area contributed by atoms with Crippen LogP contribution in [-0.4, -0.2) is 23.0 Å². The van der Waals surface area contributed by atoms with Crippen LogP contribution in [0.2, 0.25) is 5.02 Å². The predicted molar refractivity (Wildman–Crippen MR) is 93.3 cm³/mol. The molecule has 3 aromatic rings. The van der Waals surface area contributed by atoms with Crippen molar-refractivity contribution in [2.45, 2.75) is 13.0 Å². The highest BCUT2D eigenvalue weighted by atomic mass is 35.5. The molecule has 0 atom stereocenters. The number of fused-ring (bicyclic) bond motifs is 1. The normalized spacial score (nSPS) is 15.7. The molecule has 122 valence electrons. The Morgan fingerprint density at radius 3 is 2.83 bits per heavy atom. The van der Waals surface area contributed by atoms with Crippen molar-refractivity contribution in [1.82, 2.24) is 9.88 Å². The number of rotatable bonds is 3. The third kappa shape index (κ3) is 3.07. The number of halogens is 2. The summed E-state index contributed by atoms with van der Waals surface area (Å²) < 4.78 is 19.0. The van der Waals surface area contributed by atoms with E-state index in [-0.39, 0.29) is 5.82 Å². The Kier molecular flexibility index (Phi) is 4.08. The minimum atomic E-state index is -0.305. The maximum atomic E-state index is 13.1. The highest BCUT2D eigenvalue weighted by Gasteiger charge is 2.18. The summed E-state index contributed by atoms with van der Waals surface area (Å²) in [4.78, 5) is 6.82. The summed E-state index contributed by atoms with van der Waals surface area (Å²) in [5, 5.41) is 0.476. The van der Waals surface area contributed by atoms with Gasteiger partial charge in [0, 0.05) is 30.2 Å². The maximum Gasteiger partial charge on any atom is 0.222 e. The predicted octanol–water partition coefficient (Wildman–Crippen LogP) is 4.91. The molecule has 0 fully saturated rings. The molecule has 1 aliphatic heterocycles. The number of hydrogen-bond donors (Lipinski definition) is 0. The first kappa shape index (κ1) is 15.4. The molecule has 0 bridgehead atoms. The standard InChI is InChI=1S/C19H16ClFN2O/c20-16-11-15(21)6-5-14(16)12-23-9-7-13(8-10-23)19-22-17-3-1-2-4-18(17)24-19/h1-7,11H,8-10,12H2. The lowest BCUT2D eigenvalue weighted by Gasteiger charge is -2.25. The van der Waals surface area contributed by atoms with Crippen LogP contribution in [0.5, 0.6) is 0 Å². The van der Waals surface area contributed by atoms with Crippen LogP contribution in [0.25, 0.3) is 16.7 Å². The van der Waals surface area contributed by atoms with E-state index in [4.69, 9.17) is 16.0 Å². The quantitative estimate of drug-likeness (QED) is 0.677. The fraction of sp³-hybridized carbons (Fsp3) is 0.211. The van der Waals surface area contributed by atoms with Gasteiger partial charge in [0.15, 0.2) is 5.58 Å². The SMILES string of the molecule is Fc1ccc(CN2CC=C(c3nc4ccccc4o3)CC2)c(Cl)c1. The van der Waals surface area contributed by atoms with Crippen LogP contribution in [0.3, 0.4) is 0 Å². The number of oxazole rings is 1. The van der Waals surface area contributed by atoms with E-state index < -0.39 is 0 Å². The van der Waals surface area contributed by atoms with Gasteiger partial charge < -0.3 is 4.42 Å². The highest BCUT2D eigenvalue weighted by molar-refractivity contribution is 6.31. The van der Waals surface area contributed by atoms with Crippen molar-refractivity contribution >= 4 is 28.3 Å². The van der Waals surface area contributed by atoms with Gasteiger partial charge in [0.2, 0.25) is 5.89 Å². The van der Waals surface area contributed by atoms with Crippen molar-refractivity contribution < 1.29 is 8.81 Å². The average Bonchev–Trinajstić information content (AvgIpc) is 3.02. The fourth-order valence-electron chi connectivity index (χ4n) is 2.95. The summed E-state index contributed by atoms with van der Waals surface area (Å²) in [5.74, 6) is 0.399. The van der Waals surface area contributed by atoms with E-state index in [2.05, 4.69) is 16.0 Å². The molecule has 0 saturated carbocycles. The monoisotopic (exact) mass is 342 g/mol. The zero-order valence-corrected chi connectivity index (χ0v) is 13.8. The Bertz CT molecular complexity index is 886. The van der Waals surface area contributed by atoms with Crippen molar-refractivity contribution in [1.29, 1.82) is 0 Å². The first-order chi connectivity index (χ1) is 11.7. The fourth-order valence-corrected chi connectivity index (χ4v) is 3.18. The van der Waals surface area contributed by atoms with E-state index >= 15 is 0 Å². The van der Waals surface area contributed by atoms with Crippen LogP contribution in [0, 0.1) is 5.82 Å². The molecule has 0 aliphatic carbocycles. The molecule has 0 spiro atoms. The van der Waals surface area contributed by atoms with E-state index in [9.17, 15) is 4.39 Å². The molecular weight excluding hydrogens is 327 g/mol. The third-order valence-electron chi connectivity index (χ3n) is 4.27. The van der Waals surface area contributed by atoms with Gasteiger partial charge in [0.25, 0.3) is 0 Å². The van der Waals surface area contributed by atoms with Gasteiger partial charge in [-0.2, -0.15) is 0 Å². The second-order valence-electron chi connectivity index (χ2n) is 5.94. The van der Waals surface area contributed by atoms with E-state index in [0.717, 1.165) is 41.7 Å². The topological polar surface area (TPSA) is 29.3 Å². The lowest BCUT2D eigenvalue weighted by atomic mass is 10.1. The number of hydrogen-bond acceptors (Lipinski definition) is 3. The number of nitrogens with zero attached hydrogens (tertiary/aromatic N) is 2. The highest BCUT2D eigenvalue weighted by Crippen LogP contribution is 2.27. The molecule has 0 saturated heterocycles. The Balaban J connectivity index is 1.48. The third-order valence-corrected chi connectivity index (χ3v) is 4.62. The molecule has 1 aliphatic rings. The van der Waals surface area contributed by atoms with Crippen molar-refractivity contribution in [2.75, 3.05) is 13.1 Å². The summed E-state index contributed by atoms with van der Waals surface area (Å²) in [6, 6.07) is 12.3. The van der Waals surface area contributed by atoms with Crippen LogP contribution >= 0.6 is 11.6 Å². The lowest BCUT2D eigenvalue weighted by Crippen LogP contribution is -2.28. The number of benzene rings is 2. The van der Waals surface area contributed by atoms with Gasteiger partial charge in [0.1, 0.15) is 11.3 Å². The van der Waals surface area contributed by atoms with Crippen LogP contribution in [-0.2, 0) is 6.54 Å². The summed E-state index contributed by atoms with van der Waals surface area (Å²) in [5.41, 5.74) is 3.77.